The normalized spacial score (nSPS) is 10.9. The Labute approximate surface area is 79.7 Å². The van der Waals surface area contributed by atoms with Gasteiger partial charge in [0, 0.05) is 18.3 Å². The zero-order valence-corrected chi connectivity index (χ0v) is 8.66. The number of unbranched alkanes of at least 4 members (excludes halogenated alkanes) is 1. The quantitative estimate of drug-likeness (QED) is 0.449. The second-order valence-electron chi connectivity index (χ2n) is 2.52. The van der Waals surface area contributed by atoms with Gasteiger partial charge in [-0.25, -0.2) is 0 Å². The zero-order chi connectivity index (χ0) is 8.53. The van der Waals surface area contributed by atoms with Crippen molar-refractivity contribution in [3.63, 3.8) is 0 Å². The average molecular weight is 198 g/mol. The summed E-state index contributed by atoms with van der Waals surface area (Å²) in [6.45, 7) is 5.39. The van der Waals surface area contributed by atoms with E-state index in [1.54, 1.807) is 0 Å². The highest BCUT2D eigenvalue weighted by Crippen LogP contribution is 1.97. The molecule has 0 saturated carbocycles. The minimum absolute atomic E-state index is 0.731. The molecule has 0 amide bonds. The van der Waals surface area contributed by atoms with Crippen LogP contribution in [0, 0.1) is 0 Å². The number of halogens is 2. The lowest BCUT2D eigenvalue weighted by Gasteiger charge is -2.18. The summed E-state index contributed by atoms with van der Waals surface area (Å²) in [4.78, 5) is 2.35. The van der Waals surface area contributed by atoms with Gasteiger partial charge in [-0.05, 0) is 25.9 Å². The summed E-state index contributed by atoms with van der Waals surface area (Å²) >= 11 is 11.2. The van der Waals surface area contributed by atoms with Crippen LogP contribution in [0.15, 0.2) is 0 Å². The van der Waals surface area contributed by atoms with Crippen LogP contribution >= 0.6 is 23.2 Å². The molecular formula is C8H17Cl2N. The average Bonchev–Trinajstić information content (AvgIpc) is 2.03. The van der Waals surface area contributed by atoms with Crippen LogP contribution in [0.25, 0.3) is 0 Å². The van der Waals surface area contributed by atoms with E-state index in [0.717, 1.165) is 37.8 Å². The van der Waals surface area contributed by atoms with Crippen molar-refractivity contribution in [1.29, 1.82) is 0 Å². The number of rotatable bonds is 7. The SMILES string of the molecule is CCN(CCCl)CCCCCl. The lowest BCUT2D eigenvalue weighted by molar-refractivity contribution is 0.301. The first kappa shape index (κ1) is 11.5. The third-order valence-electron chi connectivity index (χ3n) is 1.71. The summed E-state index contributed by atoms with van der Waals surface area (Å²) in [5, 5.41) is 0. The molecule has 0 bridgehead atoms. The maximum absolute atomic E-state index is 5.62. The van der Waals surface area contributed by atoms with E-state index in [1.165, 1.54) is 6.42 Å². The molecule has 3 heteroatoms. The van der Waals surface area contributed by atoms with Crippen LogP contribution in [-0.4, -0.2) is 36.3 Å². The summed E-state index contributed by atoms with van der Waals surface area (Å²) in [6, 6.07) is 0. The molecule has 0 atom stereocenters. The lowest BCUT2D eigenvalue weighted by Crippen LogP contribution is -2.26. The Morgan fingerprint density at radius 3 is 2.18 bits per heavy atom. The van der Waals surface area contributed by atoms with Gasteiger partial charge in [-0.1, -0.05) is 6.92 Å². The molecule has 0 aromatic carbocycles. The minimum Gasteiger partial charge on any atom is -0.302 e. The first-order valence-electron chi connectivity index (χ1n) is 4.19. The standard InChI is InChI=1S/C8H17Cl2N/c1-2-11(8-6-10)7-4-3-5-9/h2-8H2,1H3. The van der Waals surface area contributed by atoms with Crippen molar-refractivity contribution in [2.75, 3.05) is 31.4 Å². The molecule has 0 N–H and O–H groups in total. The van der Waals surface area contributed by atoms with Gasteiger partial charge in [0.05, 0.1) is 0 Å². The molecule has 1 nitrogen and oxygen atoms in total. The van der Waals surface area contributed by atoms with Gasteiger partial charge in [0.15, 0.2) is 0 Å². The van der Waals surface area contributed by atoms with Gasteiger partial charge in [-0.3, -0.25) is 0 Å². The molecule has 0 unspecified atom stereocenters. The summed E-state index contributed by atoms with van der Waals surface area (Å²) < 4.78 is 0. The number of hydrogen-bond acceptors (Lipinski definition) is 1. The summed E-state index contributed by atoms with van der Waals surface area (Å²) in [7, 11) is 0. The van der Waals surface area contributed by atoms with Crippen molar-refractivity contribution in [3.05, 3.63) is 0 Å². The third kappa shape index (κ3) is 6.92. The van der Waals surface area contributed by atoms with Crippen molar-refractivity contribution in [2.45, 2.75) is 19.8 Å². The molecule has 0 aromatic heterocycles. The molecule has 11 heavy (non-hydrogen) atoms. The smallest absolute Gasteiger partial charge is 0.0351 e. The molecule has 0 rings (SSSR count). The van der Waals surface area contributed by atoms with Crippen LogP contribution in [0.4, 0.5) is 0 Å². The van der Waals surface area contributed by atoms with E-state index in [1.807, 2.05) is 0 Å². The van der Waals surface area contributed by atoms with Gasteiger partial charge in [0.25, 0.3) is 0 Å². The largest absolute Gasteiger partial charge is 0.302 e. The van der Waals surface area contributed by atoms with Crippen molar-refractivity contribution >= 4 is 23.2 Å². The topological polar surface area (TPSA) is 3.24 Å². The first-order chi connectivity index (χ1) is 5.35. The van der Waals surface area contributed by atoms with Gasteiger partial charge in [0.1, 0.15) is 0 Å². The Morgan fingerprint density at radius 2 is 1.73 bits per heavy atom. The van der Waals surface area contributed by atoms with Crippen LogP contribution in [0.5, 0.6) is 0 Å². The van der Waals surface area contributed by atoms with E-state index in [4.69, 9.17) is 23.2 Å². The van der Waals surface area contributed by atoms with Crippen molar-refractivity contribution in [3.8, 4) is 0 Å². The molecule has 0 spiro atoms. The van der Waals surface area contributed by atoms with E-state index < -0.39 is 0 Å². The van der Waals surface area contributed by atoms with Gasteiger partial charge < -0.3 is 4.90 Å². The maximum Gasteiger partial charge on any atom is 0.0351 e. The fourth-order valence-electron chi connectivity index (χ4n) is 0.977. The zero-order valence-electron chi connectivity index (χ0n) is 7.15. The van der Waals surface area contributed by atoms with Crippen LogP contribution in [0.1, 0.15) is 19.8 Å². The molecule has 0 saturated heterocycles. The Bertz CT molecular complexity index is 78.5. The van der Waals surface area contributed by atoms with Crippen LogP contribution in [0.2, 0.25) is 0 Å². The van der Waals surface area contributed by atoms with Gasteiger partial charge in [-0.2, -0.15) is 0 Å². The van der Waals surface area contributed by atoms with Crippen molar-refractivity contribution in [1.82, 2.24) is 4.90 Å². The van der Waals surface area contributed by atoms with Crippen molar-refractivity contribution < 1.29 is 0 Å². The van der Waals surface area contributed by atoms with Crippen LogP contribution < -0.4 is 0 Å². The van der Waals surface area contributed by atoms with Crippen LogP contribution in [0.3, 0.4) is 0 Å². The molecule has 0 fully saturated rings. The summed E-state index contributed by atoms with van der Waals surface area (Å²) in [6.07, 6.45) is 2.30. The lowest BCUT2D eigenvalue weighted by atomic mass is 10.3. The van der Waals surface area contributed by atoms with Crippen molar-refractivity contribution in [2.24, 2.45) is 0 Å². The number of hydrogen-bond donors (Lipinski definition) is 0. The predicted octanol–water partition coefficient (Wildman–Crippen LogP) is 2.57. The molecule has 68 valence electrons. The molecular weight excluding hydrogens is 181 g/mol. The van der Waals surface area contributed by atoms with Gasteiger partial charge in [0.2, 0.25) is 0 Å². The van der Waals surface area contributed by atoms with E-state index >= 15 is 0 Å². The molecule has 0 heterocycles. The highest BCUT2D eigenvalue weighted by molar-refractivity contribution is 6.18. The molecule has 0 radical (unpaired) electrons. The Hall–Kier alpha value is 0.540. The Morgan fingerprint density at radius 1 is 1.00 bits per heavy atom. The van der Waals surface area contributed by atoms with E-state index in [2.05, 4.69) is 11.8 Å². The number of nitrogens with zero attached hydrogens (tertiary/aromatic N) is 1. The monoisotopic (exact) mass is 197 g/mol. The fraction of sp³-hybridized carbons (Fsp3) is 1.00. The Balaban J connectivity index is 3.20. The predicted molar refractivity (Wildman–Crippen MR) is 52.8 cm³/mol. The maximum atomic E-state index is 5.62. The van der Waals surface area contributed by atoms with Gasteiger partial charge >= 0.3 is 0 Å². The van der Waals surface area contributed by atoms with E-state index in [0.29, 0.717) is 0 Å². The summed E-state index contributed by atoms with van der Waals surface area (Å²) in [5.41, 5.74) is 0. The molecule has 0 aliphatic rings. The van der Waals surface area contributed by atoms with Crippen LogP contribution in [-0.2, 0) is 0 Å². The second kappa shape index (κ2) is 8.63. The highest BCUT2D eigenvalue weighted by Gasteiger charge is 1.99. The number of alkyl halides is 2. The van der Waals surface area contributed by atoms with E-state index in [-0.39, 0.29) is 0 Å². The third-order valence-corrected chi connectivity index (χ3v) is 2.14. The molecule has 0 aliphatic carbocycles. The molecule has 0 aromatic rings. The van der Waals surface area contributed by atoms with Gasteiger partial charge in [-0.15, -0.1) is 23.2 Å². The van der Waals surface area contributed by atoms with E-state index in [9.17, 15) is 0 Å². The fourth-order valence-corrected chi connectivity index (χ4v) is 1.41. The minimum atomic E-state index is 0.731. The highest BCUT2D eigenvalue weighted by atomic mass is 35.5. The molecule has 0 aliphatic heterocycles. The first-order valence-corrected chi connectivity index (χ1v) is 5.26. The summed E-state index contributed by atoms with van der Waals surface area (Å²) in [5.74, 6) is 1.51. The Kier molecular flexibility index (Phi) is 9.06. The second-order valence-corrected chi connectivity index (χ2v) is 3.28.